The van der Waals surface area contributed by atoms with Crippen LogP contribution in [0.2, 0.25) is 5.02 Å². The average Bonchev–Trinajstić information content (AvgIpc) is 2.89. The summed E-state index contributed by atoms with van der Waals surface area (Å²) in [6, 6.07) is 15.7. The minimum Gasteiger partial charge on any atom is -0.220 e. The van der Waals surface area contributed by atoms with Crippen LogP contribution in [0.3, 0.4) is 0 Å². The molecule has 0 bridgehead atoms. The Labute approximate surface area is 116 Å². The summed E-state index contributed by atoms with van der Waals surface area (Å²) in [4.78, 5) is 0. The first-order valence-electron chi connectivity index (χ1n) is 5.98. The summed E-state index contributed by atoms with van der Waals surface area (Å²) in [5, 5.41) is 9.11. The molecule has 0 saturated carbocycles. The van der Waals surface area contributed by atoms with E-state index in [2.05, 4.69) is 10.3 Å². The SMILES string of the molecule is Cc1cc(Cl)ccc1-n1cc(-c2ccccc2)nn1. The Balaban J connectivity index is 2.02. The summed E-state index contributed by atoms with van der Waals surface area (Å²) in [6.07, 6.45) is 1.92. The van der Waals surface area contributed by atoms with E-state index >= 15 is 0 Å². The molecule has 0 amide bonds. The number of benzene rings is 2. The predicted molar refractivity (Wildman–Crippen MR) is 76.5 cm³/mol. The van der Waals surface area contributed by atoms with E-state index in [1.807, 2.05) is 61.7 Å². The van der Waals surface area contributed by atoms with E-state index < -0.39 is 0 Å². The molecule has 0 spiro atoms. The van der Waals surface area contributed by atoms with Crippen LogP contribution in [0.15, 0.2) is 54.7 Å². The van der Waals surface area contributed by atoms with Gasteiger partial charge in [-0.2, -0.15) is 0 Å². The molecule has 0 N–H and O–H groups in total. The van der Waals surface area contributed by atoms with Crippen LogP contribution in [0.5, 0.6) is 0 Å². The van der Waals surface area contributed by atoms with Crippen molar-refractivity contribution in [3.05, 3.63) is 65.3 Å². The minimum absolute atomic E-state index is 0.727. The van der Waals surface area contributed by atoms with E-state index in [1.165, 1.54) is 0 Å². The van der Waals surface area contributed by atoms with Crippen LogP contribution in [-0.4, -0.2) is 15.0 Å². The lowest BCUT2D eigenvalue weighted by Crippen LogP contribution is -1.97. The zero-order valence-corrected chi connectivity index (χ0v) is 11.2. The third-order valence-corrected chi connectivity index (χ3v) is 3.20. The van der Waals surface area contributed by atoms with Gasteiger partial charge in [0.2, 0.25) is 0 Å². The van der Waals surface area contributed by atoms with Crippen LogP contribution >= 0.6 is 11.6 Å². The number of halogens is 1. The van der Waals surface area contributed by atoms with Gasteiger partial charge in [0, 0.05) is 10.6 Å². The molecule has 94 valence electrons. The van der Waals surface area contributed by atoms with Gasteiger partial charge in [0.05, 0.1) is 11.9 Å². The predicted octanol–water partition coefficient (Wildman–Crippen LogP) is 3.90. The fraction of sp³-hybridized carbons (Fsp3) is 0.0667. The average molecular weight is 270 g/mol. The summed E-state index contributed by atoms with van der Waals surface area (Å²) < 4.78 is 1.77. The molecular weight excluding hydrogens is 258 g/mol. The van der Waals surface area contributed by atoms with Gasteiger partial charge < -0.3 is 0 Å². The van der Waals surface area contributed by atoms with Gasteiger partial charge in [-0.15, -0.1) is 5.10 Å². The monoisotopic (exact) mass is 269 g/mol. The molecule has 1 aromatic heterocycles. The molecule has 0 atom stereocenters. The highest BCUT2D eigenvalue weighted by molar-refractivity contribution is 6.30. The smallest absolute Gasteiger partial charge is 0.113 e. The molecule has 0 aliphatic rings. The van der Waals surface area contributed by atoms with Crippen molar-refractivity contribution in [1.29, 1.82) is 0 Å². The summed E-state index contributed by atoms with van der Waals surface area (Å²) in [5.74, 6) is 0. The first-order valence-corrected chi connectivity index (χ1v) is 6.36. The highest BCUT2D eigenvalue weighted by Crippen LogP contribution is 2.21. The van der Waals surface area contributed by atoms with E-state index in [0.29, 0.717) is 0 Å². The number of rotatable bonds is 2. The third-order valence-electron chi connectivity index (χ3n) is 2.97. The number of hydrogen-bond donors (Lipinski definition) is 0. The maximum atomic E-state index is 5.96. The fourth-order valence-electron chi connectivity index (χ4n) is 2.00. The van der Waals surface area contributed by atoms with E-state index in [4.69, 9.17) is 11.6 Å². The van der Waals surface area contributed by atoms with Gasteiger partial charge in [-0.05, 0) is 30.7 Å². The standard InChI is InChI=1S/C15H12ClN3/c1-11-9-13(16)7-8-15(11)19-10-14(17-18-19)12-5-3-2-4-6-12/h2-10H,1H3. The van der Waals surface area contributed by atoms with Crippen molar-refractivity contribution in [2.24, 2.45) is 0 Å². The normalized spacial score (nSPS) is 10.6. The summed E-state index contributed by atoms with van der Waals surface area (Å²) in [7, 11) is 0. The van der Waals surface area contributed by atoms with Crippen LogP contribution in [0.25, 0.3) is 16.9 Å². The lowest BCUT2D eigenvalue weighted by atomic mass is 10.2. The molecule has 3 aromatic rings. The highest BCUT2D eigenvalue weighted by atomic mass is 35.5. The van der Waals surface area contributed by atoms with Crippen LogP contribution in [-0.2, 0) is 0 Å². The lowest BCUT2D eigenvalue weighted by Gasteiger charge is -2.04. The second kappa shape index (κ2) is 4.86. The molecule has 0 fully saturated rings. The van der Waals surface area contributed by atoms with E-state index in [0.717, 1.165) is 27.5 Å². The molecular formula is C15H12ClN3. The number of aromatic nitrogens is 3. The first kappa shape index (κ1) is 11.9. The second-order valence-electron chi connectivity index (χ2n) is 4.35. The van der Waals surface area contributed by atoms with Crippen LogP contribution in [0, 0.1) is 6.92 Å². The van der Waals surface area contributed by atoms with Crippen molar-refractivity contribution in [3.63, 3.8) is 0 Å². The first-order chi connectivity index (χ1) is 9.24. The van der Waals surface area contributed by atoms with Gasteiger partial charge in [-0.1, -0.05) is 47.1 Å². The molecule has 3 rings (SSSR count). The molecule has 0 radical (unpaired) electrons. The van der Waals surface area contributed by atoms with Gasteiger partial charge in [0.1, 0.15) is 5.69 Å². The van der Waals surface area contributed by atoms with E-state index in [1.54, 1.807) is 4.68 Å². The van der Waals surface area contributed by atoms with Crippen LogP contribution < -0.4 is 0 Å². The summed E-state index contributed by atoms with van der Waals surface area (Å²) >= 11 is 5.96. The highest BCUT2D eigenvalue weighted by Gasteiger charge is 2.07. The topological polar surface area (TPSA) is 30.7 Å². The Morgan fingerprint density at radius 2 is 1.84 bits per heavy atom. The number of aryl methyl sites for hydroxylation is 1. The molecule has 0 unspecified atom stereocenters. The third kappa shape index (κ3) is 2.37. The van der Waals surface area contributed by atoms with Gasteiger partial charge in [0.15, 0.2) is 0 Å². The maximum Gasteiger partial charge on any atom is 0.113 e. The molecule has 4 heteroatoms. The van der Waals surface area contributed by atoms with Gasteiger partial charge in [0.25, 0.3) is 0 Å². The zero-order valence-electron chi connectivity index (χ0n) is 10.4. The van der Waals surface area contributed by atoms with E-state index in [9.17, 15) is 0 Å². The summed E-state index contributed by atoms with van der Waals surface area (Å²) in [6.45, 7) is 2.01. The van der Waals surface area contributed by atoms with Crippen molar-refractivity contribution >= 4 is 11.6 Å². The quantitative estimate of drug-likeness (QED) is 0.706. The maximum absolute atomic E-state index is 5.96. The van der Waals surface area contributed by atoms with Crippen LogP contribution in [0.1, 0.15) is 5.56 Å². The molecule has 1 heterocycles. The van der Waals surface area contributed by atoms with Gasteiger partial charge in [-0.25, -0.2) is 4.68 Å². The Bertz CT molecular complexity index is 704. The minimum atomic E-state index is 0.727. The zero-order chi connectivity index (χ0) is 13.2. The largest absolute Gasteiger partial charge is 0.220 e. The second-order valence-corrected chi connectivity index (χ2v) is 4.78. The van der Waals surface area contributed by atoms with E-state index in [-0.39, 0.29) is 0 Å². The van der Waals surface area contributed by atoms with Crippen molar-refractivity contribution in [3.8, 4) is 16.9 Å². The number of hydrogen-bond acceptors (Lipinski definition) is 2. The molecule has 0 saturated heterocycles. The Morgan fingerprint density at radius 3 is 2.58 bits per heavy atom. The van der Waals surface area contributed by atoms with Crippen molar-refractivity contribution in [1.82, 2.24) is 15.0 Å². The Kier molecular flexibility index (Phi) is 3.05. The molecule has 0 aliphatic carbocycles. The molecule has 0 aliphatic heterocycles. The lowest BCUT2D eigenvalue weighted by molar-refractivity contribution is 0.799. The van der Waals surface area contributed by atoms with Gasteiger partial charge in [-0.3, -0.25) is 0 Å². The van der Waals surface area contributed by atoms with Gasteiger partial charge >= 0.3 is 0 Å². The molecule has 2 aromatic carbocycles. The Morgan fingerprint density at radius 1 is 1.05 bits per heavy atom. The van der Waals surface area contributed by atoms with Crippen molar-refractivity contribution in [2.75, 3.05) is 0 Å². The Hall–Kier alpha value is -2.13. The summed E-state index contributed by atoms with van der Waals surface area (Å²) in [5.41, 5.74) is 3.96. The van der Waals surface area contributed by atoms with Crippen molar-refractivity contribution in [2.45, 2.75) is 6.92 Å². The van der Waals surface area contributed by atoms with Crippen LogP contribution in [0.4, 0.5) is 0 Å². The van der Waals surface area contributed by atoms with Crippen molar-refractivity contribution < 1.29 is 0 Å². The fourth-order valence-corrected chi connectivity index (χ4v) is 2.23. The number of nitrogens with zero attached hydrogens (tertiary/aromatic N) is 3. The molecule has 3 nitrogen and oxygen atoms in total. The molecule has 19 heavy (non-hydrogen) atoms.